The fourth-order valence-corrected chi connectivity index (χ4v) is 6.40. The molecule has 2 rings (SSSR count). The topological polar surface area (TPSA) is 0 Å². The molecule has 90 valence electrons. The Hall–Kier alpha value is 0.1000. The Bertz CT molecular complexity index is 456. The van der Waals surface area contributed by atoms with Crippen LogP contribution in [0, 0.1) is 6.92 Å². The summed E-state index contributed by atoms with van der Waals surface area (Å²) >= 11 is 7.47. The van der Waals surface area contributed by atoms with Gasteiger partial charge in [0.05, 0.1) is 12.7 Å². The number of thioether (sulfide) groups is 4. The van der Waals surface area contributed by atoms with Crippen LogP contribution in [0.25, 0.3) is 6.08 Å². The summed E-state index contributed by atoms with van der Waals surface area (Å²) < 4.78 is 4.25. The van der Waals surface area contributed by atoms with Gasteiger partial charge in [-0.1, -0.05) is 47.8 Å². The lowest BCUT2D eigenvalue weighted by atomic mass is 10.1. The van der Waals surface area contributed by atoms with Crippen molar-refractivity contribution >= 4 is 53.1 Å². The van der Waals surface area contributed by atoms with Crippen LogP contribution in [0.1, 0.15) is 11.1 Å². The Balaban J connectivity index is 2.20. The van der Waals surface area contributed by atoms with Gasteiger partial charge in [0.1, 0.15) is 0 Å². The summed E-state index contributed by atoms with van der Waals surface area (Å²) in [4.78, 5) is 0. The van der Waals surface area contributed by atoms with Crippen molar-refractivity contribution in [2.75, 3.05) is 12.5 Å². The van der Waals surface area contributed by atoms with E-state index >= 15 is 0 Å². The molecule has 1 aliphatic heterocycles. The van der Waals surface area contributed by atoms with Crippen molar-refractivity contribution in [2.24, 2.45) is 0 Å². The van der Waals surface area contributed by atoms with Crippen LogP contribution in [-0.2, 0) is 0 Å². The predicted octanol–water partition coefficient (Wildman–Crippen LogP) is 5.63. The largest absolute Gasteiger partial charge is 0.121 e. The molecule has 0 nitrogen and oxygen atoms in total. The number of hydrogen-bond donors (Lipinski definition) is 0. The normalized spacial score (nSPS) is 15.6. The Morgan fingerprint density at radius 3 is 2.12 bits per heavy atom. The minimum atomic E-state index is 1.32. The lowest BCUT2D eigenvalue weighted by Crippen LogP contribution is -1.78. The zero-order valence-corrected chi connectivity index (χ0v) is 13.3. The van der Waals surface area contributed by atoms with E-state index in [0.717, 1.165) is 0 Å². The molecular formula is C13H14S4. The average molecular weight is 299 g/mol. The molecule has 1 aromatic carbocycles. The van der Waals surface area contributed by atoms with Crippen molar-refractivity contribution in [2.45, 2.75) is 6.92 Å². The maximum absolute atomic E-state index is 2.30. The minimum Gasteiger partial charge on any atom is -0.121 e. The maximum Gasteiger partial charge on any atom is 0.0657 e. The molecule has 0 unspecified atom stereocenters. The van der Waals surface area contributed by atoms with Gasteiger partial charge in [0.25, 0.3) is 0 Å². The van der Waals surface area contributed by atoms with Crippen LogP contribution in [-0.4, -0.2) is 12.5 Å². The summed E-state index contributed by atoms with van der Waals surface area (Å²) in [7, 11) is 0. The summed E-state index contributed by atoms with van der Waals surface area (Å²) in [5.74, 6) is 0. The van der Waals surface area contributed by atoms with E-state index in [-0.39, 0.29) is 0 Å². The van der Waals surface area contributed by atoms with Gasteiger partial charge >= 0.3 is 0 Å². The second-order valence-corrected chi connectivity index (χ2v) is 8.02. The molecule has 0 N–H and O–H groups in total. The molecule has 1 heterocycles. The number of rotatable bonds is 3. The van der Waals surface area contributed by atoms with Gasteiger partial charge in [0.2, 0.25) is 0 Å². The zero-order chi connectivity index (χ0) is 12.3. The third-order valence-electron chi connectivity index (χ3n) is 2.39. The second kappa shape index (κ2) is 6.32. The average Bonchev–Trinajstić information content (AvgIpc) is 2.74. The highest BCUT2D eigenvalue weighted by molar-refractivity contribution is 8.40. The van der Waals surface area contributed by atoms with Crippen LogP contribution in [0.3, 0.4) is 0 Å². The molecule has 0 bridgehead atoms. The first kappa shape index (κ1) is 13.5. The van der Waals surface area contributed by atoms with Crippen LogP contribution in [0.15, 0.2) is 37.0 Å². The van der Waals surface area contributed by atoms with Gasteiger partial charge in [0.15, 0.2) is 0 Å². The highest BCUT2D eigenvalue weighted by Crippen LogP contribution is 2.56. The van der Waals surface area contributed by atoms with E-state index < -0.39 is 0 Å². The third-order valence-corrected chi connectivity index (χ3v) is 7.47. The van der Waals surface area contributed by atoms with Gasteiger partial charge in [-0.3, -0.25) is 0 Å². The fourth-order valence-electron chi connectivity index (χ4n) is 1.47. The van der Waals surface area contributed by atoms with E-state index in [4.69, 9.17) is 0 Å². The van der Waals surface area contributed by atoms with E-state index in [1.807, 2.05) is 47.0 Å². The molecule has 0 amide bonds. The number of hydrogen-bond acceptors (Lipinski definition) is 4. The summed E-state index contributed by atoms with van der Waals surface area (Å²) in [6.45, 7) is 2.16. The van der Waals surface area contributed by atoms with Gasteiger partial charge in [-0.15, -0.1) is 23.5 Å². The SMILES string of the molecule is CSC1=C(SC)SC(=Cc2ccccc2C)S1. The third kappa shape index (κ3) is 3.31. The maximum atomic E-state index is 2.30. The highest BCUT2D eigenvalue weighted by Gasteiger charge is 2.19. The molecule has 0 aliphatic carbocycles. The summed E-state index contributed by atoms with van der Waals surface area (Å²) in [5.41, 5.74) is 2.66. The summed E-state index contributed by atoms with van der Waals surface area (Å²) in [5, 5.41) is 0. The van der Waals surface area contributed by atoms with Gasteiger partial charge in [-0.25, -0.2) is 0 Å². The quantitative estimate of drug-likeness (QED) is 0.709. The Labute approximate surface area is 120 Å². The van der Waals surface area contributed by atoms with Crippen LogP contribution in [0.5, 0.6) is 0 Å². The van der Waals surface area contributed by atoms with Gasteiger partial charge < -0.3 is 0 Å². The molecule has 17 heavy (non-hydrogen) atoms. The van der Waals surface area contributed by atoms with E-state index in [1.165, 1.54) is 23.8 Å². The monoisotopic (exact) mass is 298 g/mol. The van der Waals surface area contributed by atoms with Gasteiger partial charge in [-0.05, 0) is 36.6 Å². The number of aryl methyl sites for hydroxylation is 1. The molecule has 0 spiro atoms. The predicted molar refractivity (Wildman–Crippen MR) is 88.4 cm³/mol. The lowest BCUT2D eigenvalue weighted by Gasteiger charge is -2.01. The molecule has 0 fully saturated rings. The van der Waals surface area contributed by atoms with Gasteiger partial charge in [0, 0.05) is 0 Å². The Morgan fingerprint density at radius 2 is 1.59 bits per heavy atom. The van der Waals surface area contributed by atoms with Crippen molar-refractivity contribution in [3.05, 3.63) is 48.1 Å². The summed E-state index contributed by atoms with van der Waals surface area (Å²) in [6.07, 6.45) is 6.59. The molecule has 0 radical (unpaired) electrons. The molecule has 1 aromatic rings. The molecule has 0 aromatic heterocycles. The van der Waals surface area contributed by atoms with Crippen molar-refractivity contribution in [3.63, 3.8) is 0 Å². The highest BCUT2D eigenvalue weighted by atomic mass is 32.3. The van der Waals surface area contributed by atoms with Crippen LogP contribution in [0.2, 0.25) is 0 Å². The molecule has 0 saturated heterocycles. The Kier molecular flexibility index (Phi) is 5.03. The smallest absolute Gasteiger partial charge is 0.0657 e. The van der Waals surface area contributed by atoms with Gasteiger partial charge in [-0.2, -0.15) is 0 Å². The van der Waals surface area contributed by atoms with Crippen LogP contribution in [0.4, 0.5) is 0 Å². The first-order chi connectivity index (χ1) is 8.24. The fraction of sp³-hybridized carbons (Fsp3) is 0.231. The zero-order valence-electron chi connectivity index (χ0n) is 10.0. The van der Waals surface area contributed by atoms with Crippen LogP contribution < -0.4 is 0 Å². The van der Waals surface area contributed by atoms with Crippen LogP contribution >= 0.6 is 47.0 Å². The Morgan fingerprint density at radius 1 is 1.00 bits per heavy atom. The molecule has 0 saturated carbocycles. The van der Waals surface area contributed by atoms with Crippen molar-refractivity contribution in [1.82, 2.24) is 0 Å². The number of benzene rings is 1. The van der Waals surface area contributed by atoms with E-state index in [0.29, 0.717) is 0 Å². The molecule has 1 aliphatic rings. The van der Waals surface area contributed by atoms with E-state index in [9.17, 15) is 0 Å². The lowest BCUT2D eigenvalue weighted by molar-refractivity contribution is 1.45. The van der Waals surface area contributed by atoms with Crippen molar-refractivity contribution in [1.29, 1.82) is 0 Å². The summed E-state index contributed by atoms with van der Waals surface area (Å²) in [6, 6.07) is 8.53. The first-order valence-corrected chi connectivity index (χ1v) is 9.28. The standard InChI is InChI=1S/C13H14S4/c1-9-6-4-5-7-10(9)8-11-16-12(14-2)13(15-3)17-11/h4-8H,1-3H3. The molecular weight excluding hydrogens is 284 g/mol. The molecule has 0 atom stereocenters. The first-order valence-electron chi connectivity index (χ1n) is 5.20. The minimum absolute atomic E-state index is 1.32. The van der Waals surface area contributed by atoms with E-state index in [1.54, 1.807) is 0 Å². The van der Waals surface area contributed by atoms with Crippen molar-refractivity contribution in [3.8, 4) is 0 Å². The molecule has 4 heteroatoms. The second-order valence-electron chi connectivity index (χ2n) is 3.51. The van der Waals surface area contributed by atoms with Crippen molar-refractivity contribution < 1.29 is 0 Å². The van der Waals surface area contributed by atoms with E-state index in [2.05, 4.69) is 49.8 Å².